The first-order chi connectivity index (χ1) is 15.3. The zero-order valence-corrected chi connectivity index (χ0v) is 18.2. The molecule has 1 aromatic carbocycles. The predicted octanol–water partition coefficient (Wildman–Crippen LogP) is 5.60. The minimum Gasteiger partial charge on any atom is -0.497 e. The van der Waals surface area contributed by atoms with E-state index in [0.29, 0.717) is 18.2 Å². The van der Waals surface area contributed by atoms with Crippen molar-refractivity contribution in [2.24, 2.45) is 0 Å². The number of benzene rings is 1. The van der Waals surface area contributed by atoms with Gasteiger partial charge in [0.15, 0.2) is 11.0 Å². The fraction of sp³-hybridized carbons (Fsp3) is 0.136. The summed E-state index contributed by atoms with van der Waals surface area (Å²) in [6.07, 6.45) is 3.36. The van der Waals surface area contributed by atoms with Crippen molar-refractivity contribution in [1.29, 1.82) is 0 Å². The van der Waals surface area contributed by atoms with Crippen LogP contribution < -0.4 is 4.74 Å². The Morgan fingerprint density at radius 3 is 2.71 bits per heavy atom. The van der Waals surface area contributed by atoms with Crippen LogP contribution in [0.2, 0.25) is 0 Å². The molecule has 156 valence electrons. The monoisotopic (exact) mass is 450 g/mol. The van der Waals surface area contributed by atoms with Gasteiger partial charge >= 0.3 is 0 Å². The molecule has 4 aromatic heterocycles. The van der Waals surface area contributed by atoms with E-state index >= 15 is 0 Å². The summed E-state index contributed by atoms with van der Waals surface area (Å²) in [6, 6.07) is 15.6. The quantitative estimate of drug-likeness (QED) is 0.285. The molecular formula is C22H18N4O3S2. The number of ether oxygens (including phenoxy) is 1. The van der Waals surface area contributed by atoms with E-state index in [1.54, 1.807) is 42.7 Å². The number of furan rings is 1. The fourth-order valence-electron chi connectivity index (χ4n) is 3.08. The smallest absolute Gasteiger partial charge is 0.236 e. The minimum atomic E-state index is 0.531. The molecule has 0 radical (unpaired) electrons. The van der Waals surface area contributed by atoms with Crippen molar-refractivity contribution >= 4 is 23.1 Å². The molecule has 0 amide bonds. The van der Waals surface area contributed by atoms with Crippen LogP contribution in [0.25, 0.3) is 22.2 Å². The molecule has 4 heterocycles. The van der Waals surface area contributed by atoms with Gasteiger partial charge in [-0.25, -0.2) is 4.98 Å². The molecular weight excluding hydrogens is 432 g/mol. The predicted molar refractivity (Wildman–Crippen MR) is 119 cm³/mol. The molecule has 5 aromatic rings. The number of thioether (sulfide) groups is 1. The number of rotatable bonds is 8. The highest BCUT2D eigenvalue weighted by Crippen LogP contribution is 2.30. The summed E-state index contributed by atoms with van der Waals surface area (Å²) in [4.78, 5) is 5.60. The van der Waals surface area contributed by atoms with Gasteiger partial charge in [-0.1, -0.05) is 17.8 Å². The average Bonchev–Trinajstić information content (AvgIpc) is 3.61. The maximum atomic E-state index is 5.63. The number of hydrogen-bond acceptors (Lipinski definition) is 8. The molecule has 9 heteroatoms. The van der Waals surface area contributed by atoms with E-state index in [1.807, 2.05) is 58.5 Å². The van der Waals surface area contributed by atoms with Crippen LogP contribution >= 0.6 is 23.1 Å². The van der Waals surface area contributed by atoms with Crippen molar-refractivity contribution in [1.82, 2.24) is 19.7 Å². The van der Waals surface area contributed by atoms with Crippen molar-refractivity contribution in [3.05, 3.63) is 77.9 Å². The molecule has 0 unspecified atom stereocenters. The second-order valence-electron chi connectivity index (χ2n) is 6.61. The summed E-state index contributed by atoms with van der Waals surface area (Å²) in [6.45, 7) is 0.531. The van der Waals surface area contributed by atoms with Crippen LogP contribution in [0.1, 0.15) is 11.5 Å². The molecule has 0 bridgehead atoms. The molecule has 0 atom stereocenters. The third-order valence-electron chi connectivity index (χ3n) is 4.59. The first kappa shape index (κ1) is 19.7. The van der Waals surface area contributed by atoms with Gasteiger partial charge in [0.05, 0.1) is 30.5 Å². The maximum Gasteiger partial charge on any atom is 0.236 e. The van der Waals surface area contributed by atoms with E-state index in [-0.39, 0.29) is 0 Å². The van der Waals surface area contributed by atoms with Gasteiger partial charge in [0.25, 0.3) is 0 Å². The lowest BCUT2D eigenvalue weighted by molar-refractivity contribution is 0.415. The van der Waals surface area contributed by atoms with E-state index < -0.39 is 0 Å². The van der Waals surface area contributed by atoms with Crippen LogP contribution in [-0.4, -0.2) is 26.9 Å². The Kier molecular flexibility index (Phi) is 5.59. The normalized spacial score (nSPS) is 11.1. The summed E-state index contributed by atoms with van der Waals surface area (Å²) < 4.78 is 18.5. The lowest BCUT2D eigenvalue weighted by Gasteiger charge is -2.09. The van der Waals surface area contributed by atoms with Crippen molar-refractivity contribution in [3.63, 3.8) is 0 Å². The zero-order chi connectivity index (χ0) is 21.0. The van der Waals surface area contributed by atoms with E-state index in [0.717, 1.165) is 38.6 Å². The summed E-state index contributed by atoms with van der Waals surface area (Å²) in [5.41, 5.74) is 1.81. The Bertz CT molecular complexity index is 1240. The molecule has 0 aliphatic heterocycles. The van der Waals surface area contributed by atoms with Crippen LogP contribution in [0.4, 0.5) is 0 Å². The SMILES string of the molecule is COc1ccc(-c2nnc(SCc3coc(-c4cccs4)n3)n2Cc2ccco2)cc1. The number of oxazole rings is 1. The van der Waals surface area contributed by atoms with Crippen molar-refractivity contribution in [2.75, 3.05) is 7.11 Å². The van der Waals surface area contributed by atoms with Crippen molar-refractivity contribution in [2.45, 2.75) is 17.5 Å². The summed E-state index contributed by atoms with van der Waals surface area (Å²) in [5, 5.41) is 11.7. The molecule has 0 aliphatic carbocycles. The second kappa shape index (κ2) is 8.83. The van der Waals surface area contributed by atoms with Crippen LogP contribution in [0.5, 0.6) is 5.75 Å². The number of hydrogen-bond donors (Lipinski definition) is 0. The third-order valence-corrected chi connectivity index (χ3v) is 6.45. The second-order valence-corrected chi connectivity index (χ2v) is 8.50. The highest BCUT2D eigenvalue weighted by Gasteiger charge is 2.17. The van der Waals surface area contributed by atoms with E-state index in [9.17, 15) is 0 Å². The van der Waals surface area contributed by atoms with Gasteiger partial charge in [0, 0.05) is 11.3 Å². The van der Waals surface area contributed by atoms with Gasteiger partial charge in [0.2, 0.25) is 5.89 Å². The molecule has 0 saturated heterocycles. The molecule has 0 aliphatic rings. The van der Waals surface area contributed by atoms with Gasteiger partial charge in [-0.15, -0.1) is 21.5 Å². The van der Waals surface area contributed by atoms with E-state index in [2.05, 4.69) is 15.2 Å². The Morgan fingerprint density at radius 2 is 1.97 bits per heavy atom. The third kappa shape index (κ3) is 4.28. The zero-order valence-electron chi connectivity index (χ0n) is 16.6. The number of methoxy groups -OCH3 is 1. The van der Waals surface area contributed by atoms with Crippen LogP contribution in [0.3, 0.4) is 0 Å². The lowest BCUT2D eigenvalue weighted by Crippen LogP contribution is -2.03. The molecule has 31 heavy (non-hydrogen) atoms. The van der Waals surface area contributed by atoms with E-state index in [1.165, 1.54) is 0 Å². The molecule has 0 spiro atoms. The summed E-state index contributed by atoms with van der Waals surface area (Å²) >= 11 is 3.16. The highest BCUT2D eigenvalue weighted by molar-refractivity contribution is 7.98. The van der Waals surface area contributed by atoms with Gasteiger partial charge in [-0.3, -0.25) is 4.57 Å². The Labute approximate surface area is 186 Å². The average molecular weight is 451 g/mol. The molecule has 0 N–H and O–H groups in total. The minimum absolute atomic E-state index is 0.531. The Morgan fingerprint density at radius 1 is 1.06 bits per heavy atom. The van der Waals surface area contributed by atoms with Gasteiger partial charge < -0.3 is 13.6 Å². The standard InChI is InChI=1S/C22H18N4O3S2/c1-27-17-8-6-15(7-9-17)20-24-25-22(26(20)12-18-4-2-10-28-18)31-14-16-13-29-21(23-16)19-5-3-11-30-19/h2-11,13H,12,14H2,1H3. The summed E-state index contributed by atoms with van der Waals surface area (Å²) in [5.74, 6) is 3.65. The largest absolute Gasteiger partial charge is 0.497 e. The first-order valence-electron chi connectivity index (χ1n) is 9.51. The van der Waals surface area contributed by atoms with E-state index in [4.69, 9.17) is 13.6 Å². The maximum absolute atomic E-state index is 5.63. The fourth-order valence-corrected chi connectivity index (χ4v) is 4.55. The Hall–Kier alpha value is -3.30. The molecule has 7 nitrogen and oxygen atoms in total. The van der Waals surface area contributed by atoms with Crippen LogP contribution in [-0.2, 0) is 12.3 Å². The molecule has 5 rings (SSSR count). The topological polar surface area (TPSA) is 79.1 Å². The van der Waals surface area contributed by atoms with Crippen molar-refractivity contribution < 1.29 is 13.6 Å². The summed E-state index contributed by atoms with van der Waals surface area (Å²) in [7, 11) is 1.65. The van der Waals surface area contributed by atoms with Crippen molar-refractivity contribution in [3.8, 4) is 27.9 Å². The number of aromatic nitrogens is 4. The first-order valence-corrected chi connectivity index (χ1v) is 11.4. The highest BCUT2D eigenvalue weighted by atomic mass is 32.2. The van der Waals surface area contributed by atoms with Gasteiger partial charge in [0.1, 0.15) is 17.8 Å². The van der Waals surface area contributed by atoms with Crippen LogP contribution in [0.15, 0.2) is 80.4 Å². The molecule has 0 fully saturated rings. The van der Waals surface area contributed by atoms with Gasteiger partial charge in [-0.2, -0.15) is 0 Å². The Balaban J connectivity index is 1.40. The number of thiophene rings is 1. The van der Waals surface area contributed by atoms with Crippen LogP contribution in [0, 0.1) is 0 Å². The van der Waals surface area contributed by atoms with Gasteiger partial charge in [-0.05, 0) is 47.8 Å². The molecule has 0 saturated carbocycles. The lowest BCUT2D eigenvalue weighted by atomic mass is 10.2. The number of nitrogens with zero attached hydrogens (tertiary/aromatic N) is 4.